The van der Waals surface area contributed by atoms with Crippen LogP contribution in [0.25, 0.3) is 0 Å². The van der Waals surface area contributed by atoms with E-state index in [0.29, 0.717) is 11.6 Å². The zero-order chi connectivity index (χ0) is 13.1. The van der Waals surface area contributed by atoms with Gasteiger partial charge in [-0.25, -0.2) is 9.78 Å². The second-order valence-corrected chi connectivity index (χ2v) is 3.51. The Labute approximate surface area is 101 Å². The Balaban J connectivity index is 2.11. The number of hydrogen-bond acceptors (Lipinski definition) is 5. The van der Waals surface area contributed by atoms with Crippen molar-refractivity contribution in [1.82, 2.24) is 10.1 Å². The SMILES string of the molecule is Cc1cc(NC(=O)c2ccc(C(=O)O)nc2)no1. The number of carboxylic acids is 1. The molecule has 7 heteroatoms. The van der Waals surface area contributed by atoms with Crippen molar-refractivity contribution in [2.75, 3.05) is 5.32 Å². The molecule has 7 nitrogen and oxygen atoms in total. The molecule has 0 aliphatic carbocycles. The Hall–Kier alpha value is -2.70. The van der Waals surface area contributed by atoms with E-state index in [1.54, 1.807) is 13.0 Å². The molecule has 92 valence electrons. The third-order valence-corrected chi connectivity index (χ3v) is 2.11. The van der Waals surface area contributed by atoms with Crippen LogP contribution in [0.3, 0.4) is 0 Å². The van der Waals surface area contributed by atoms with Crippen molar-refractivity contribution in [2.45, 2.75) is 6.92 Å². The number of aryl methyl sites for hydroxylation is 1. The van der Waals surface area contributed by atoms with E-state index in [1.807, 2.05) is 0 Å². The summed E-state index contributed by atoms with van der Waals surface area (Å²) in [4.78, 5) is 26.0. The minimum absolute atomic E-state index is 0.121. The Morgan fingerprint density at radius 2 is 2.17 bits per heavy atom. The standard InChI is InChI=1S/C11H9N3O4/c1-6-4-9(14-18-6)13-10(15)7-2-3-8(11(16)17)12-5-7/h2-5H,1H3,(H,16,17)(H,13,14,15). The van der Waals surface area contributed by atoms with Gasteiger partial charge in [0.15, 0.2) is 5.82 Å². The van der Waals surface area contributed by atoms with Crippen molar-refractivity contribution in [2.24, 2.45) is 0 Å². The second kappa shape index (κ2) is 4.66. The van der Waals surface area contributed by atoms with Crippen LogP contribution >= 0.6 is 0 Å². The number of rotatable bonds is 3. The lowest BCUT2D eigenvalue weighted by Crippen LogP contribution is -2.13. The van der Waals surface area contributed by atoms with Crippen LogP contribution in [0.1, 0.15) is 26.6 Å². The molecular weight excluding hydrogens is 238 g/mol. The Kier molecular flexibility index (Phi) is 3.05. The molecule has 0 spiro atoms. The molecule has 2 N–H and O–H groups in total. The van der Waals surface area contributed by atoms with Gasteiger partial charge in [-0.2, -0.15) is 0 Å². The summed E-state index contributed by atoms with van der Waals surface area (Å²) in [6.45, 7) is 1.70. The number of carboxylic acid groups (broad SMARTS) is 1. The first-order valence-electron chi connectivity index (χ1n) is 5.00. The summed E-state index contributed by atoms with van der Waals surface area (Å²) in [6.07, 6.45) is 1.19. The minimum atomic E-state index is -1.14. The zero-order valence-corrected chi connectivity index (χ0v) is 9.38. The lowest BCUT2D eigenvalue weighted by atomic mass is 10.2. The molecule has 0 aliphatic rings. The quantitative estimate of drug-likeness (QED) is 0.847. The number of pyridine rings is 1. The lowest BCUT2D eigenvalue weighted by molar-refractivity contribution is 0.0690. The third kappa shape index (κ3) is 2.51. The van der Waals surface area contributed by atoms with Gasteiger partial charge < -0.3 is 14.9 Å². The molecular formula is C11H9N3O4. The van der Waals surface area contributed by atoms with Gasteiger partial charge >= 0.3 is 5.97 Å². The van der Waals surface area contributed by atoms with E-state index in [1.165, 1.54) is 18.3 Å². The second-order valence-electron chi connectivity index (χ2n) is 3.51. The number of hydrogen-bond donors (Lipinski definition) is 2. The number of carbonyl (C=O) groups excluding carboxylic acids is 1. The molecule has 0 saturated carbocycles. The van der Waals surface area contributed by atoms with Crippen molar-refractivity contribution in [3.8, 4) is 0 Å². The highest BCUT2D eigenvalue weighted by Gasteiger charge is 2.11. The molecule has 0 radical (unpaired) electrons. The van der Waals surface area contributed by atoms with Crippen LogP contribution in [-0.4, -0.2) is 27.1 Å². The zero-order valence-electron chi connectivity index (χ0n) is 9.38. The summed E-state index contributed by atoms with van der Waals surface area (Å²) >= 11 is 0. The summed E-state index contributed by atoms with van der Waals surface area (Å²) in [5.74, 6) is -0.716. The fourth-order valence-corrected chi connectivity index (χ4v) is 1.27. The number of nitrogens with zero attached hydrogens (tertiary/aromatic N) is 2. The molecule has 0 atom stereocenters. The molecule has 2 aromatic heterocycles. The molecule has 18 heavy (non-hydrogen) atoms. The van der Waals surface area contributed by atoms with E-state index in [-0.39, 0.29) is 11.3 Å². The van der Waals surface area contributed by atoms with Crippen LogP contribution < -0.4 is 5.32 Å². The monoisotopic (exact) mass is 247 g/mol. The van der Waals surface area contributed by atoms with Gasteiger partial charge in [-0.3, -0.25) is 4.79 Å². The topological polar surface area (TPSA) is 105 Å². The first-order valence-corrected chi connectivity index (χ1v) is 5.00. The largest absolute Gasteiger partial charge is 0.477 e. The maximum atomic E-state index is 11.7. The summed E-state index contributed by atoms with van der Waals surface area (Å²) in [7, 11) is 0. The normalized spacial score (nSPS) is 10.1. The Morgan fingerprint density at radius 3 is 2.67 bits per heavy atom. The van der Waals surface area contributed by atoms with E-state index < -0.39 is 11.9 Å². The number of aromatic carboxylic acids is 1. The van der Waals surface area contributed by atoms with E-state index in [4.69, 9.17) is 9.63 Å². The van der Waals surface area contributed by atoms with E-state index >= 15 is 0 Å². The number of carbonyl (C=O) groups is 2. The molecule has 2 aromatic rings. The molecule has 2 heterocycles. The molecule has 0 fully saturated rings. The summed E-state index contributed by atoms with van der Waals surface area (Å²) in [5.41, 5.74) is 0.115. The van der Waals surface area contributed by atoms with Crippen LogP contribution in [0, 0.1) is 6.92 Å². The first-order chi connectivity index (χ1) is 8.56. The van der Waals surface area contributed by atoms with Crippen LogP contribution in [0.4, 0.5) is 5.82 Å². The highest BCUT2D eigenvalue weighted by Crippen LogP contribution is 2.09. The van der Waals surface area contributed by atoms with Gasteiger partial charge in [-0.05, 0) is 19.1 Å². The van der Waals surface area contributed by atoms with Gasteiger partial charge in [-0.15, -0.1) is 0 Å². The molecule has 0 saturated heterocycles. The van der Waals surface area contributed by atoms with Gasteiger partial charge in [-0.1, -0.05) is 5.16 Å². The molecule has 0 unspecified atom stereocenters. The summed E-state index contributed by atoms with van der Waals surface area (Å²) < 4.78 is 4.79. The highest BCUT2D eigenvalue weighted by atomic mass is 16.5. The number of nitrogens with one attached hydrogen (secondary N) is 1. The fourth-order valence-electron chi connectivity index (χ4n) is 1.27. The lowest BCUT2D eigenvalue weighted by Gasteiger charge is -2.00. The van der Waals surface area contributed by atoms with Crippen LogP contribution in [0.2, 0.25) is 0 Å². The van der Waals surface area contributed by atoms with Gasteiger partial charge in [0.25, 0.3) is 5.91 Å². The van der Waals surface area contributed by atoms with Crippen molar-refractivity contribution in [3.05, 3.63) is 41.4 Å². The molecule has 0 aromatic carbocycles. The fraction of sp³-hybridized carbons (Fsp3) is 0.0909. The van der Waals surface area contributed by atoms with Crippen LogP contribution in [0.15, 0.2) is 28.9 Å². The van der Waals surface area contributed by atoms with Gasteiger partial charge in [0, 0.05) is 12.3 Å². The van der Waals surface area contributed by atoms with Gasteiger partial charge in [0.1, 0.15) is 11.5 Å². The third-order valence-electron chi connectivity index (χ3n) is 2.11. The number of aromatic nitrogens is 2. The van der Waals surface area contributed by atoms with Crippen LogP contribution in [-0.2, 0) is 0 Å². The van der Waals surface area contributed by atoms with Crippen molar-refractivity contribution < 1.29 is 19.2 Å². The van der Waals surface area contributed by atoms with E-state index in [2.05, 4.69) is 15.5 Å². The van der Waals surface area contributed by atoms with E-state index in [0.717, 1.165) is 0 Å². The van der Waals surface area contributed by atoms with Gasteiger partial charge in [0.2, 0.25) is 0 Å². The molecule has 1 amide bonds. The highest BCUT2D eigenvalue weighted by molar-refractivity contribution is 6.03. The minimum Gasteiger partial charge on any atom is -0.477 e. The van der Waals surface area contributed by atoms with Crippen molar-refractivity contribution in [3.63, 3.8) is 0 Å². The van der Waals surface area contributed by atoms with E-state index in [9.17, 15) is 9.59 Å². The first kappa shape index (κ1) is 11.8. The smallest absolute Gasteiger partial charge is 0.354 e. The Morgan fingerprint density at radius 1 is 1.39 bits per heavy atom. The van der Waals surface area contributed by atoms with Crippen molar-refractivity contribution >= 4 is 17.7 Å². The predicted octanol–water partition coefficient (Wildman–Crippen LogP) is 1.33. The number of anilines is 1. The van der Waals surface area contributed by atoms with Crippen LogP contribution in [0.5, 0.6) is 0 Å². The average molecular weight is 247 g/mol. The van der Waals surface area contributed by atoms with Gasteiger partial charge in [0.05, 0.1) is 5.56 Å². The average Bonchev–Trinajstić information content (AvgIpc) is 2.75. The van der Waals surface area contributed by atoms with Crippen molar-refractivity contribution in [1.29, 1.82) is 0 Å². The Bertz CT molecular complexity index is 589. The predicted molar refractivity (Wildman–Crippen MR) is 60.4 cm³/mol. The maximum Gasteiger partial charge on any atom is 0.354 e. The maximum absolute atomic E-state index is 11.7. The molecule has 0 aliphatic heterocycles. The summed E-state index contributed by atoms with van der Waals surface area (Å²) in [5, 5.41) is 14.8. The molecule has 0 bridgehead atoms. The molecule has 2 rings (SSSR count). The summed E-state index contributed by atoms with van der Waals surface area (Å²) in [6, 6.07) is 4.20. The number of amides is 1.